The van der Waals surface area contributed by atoms with Gasteiger partial charge in [0.1, 0.15) is 11.5 Å². The summed E-state index contributed by atoms with van der Waals surface area (Å²) in [6.45, 7) is 2.71. The molecule has 0 N–H and O–H groups in total. The minimum atomic E-state index is -1.13. The maximum absolute atomic E-state index is 13.9. The number of para-hydroxylation sites is 2. The summed E-state index contributed by atoms with van der Waals surface area (Å²) in [6.07, 6.45) is 0.591. The van der Waals surface area contributed by atoms with Crippen molar-refractivity contribution < 1.29 is 28.5 Å². The summed E-state index contributed by atoms with van der Waals surface area (Å²) in [6, 6.07) is 12.2. The first-order valence-corrected chi connectivity index (χ1v) is 11.2. The number of nitrogens with zero attached hydrogens (tertiary/aromatic N) is 3. The predicted octanol–water partition coefficient (Wildman–Crippen LogP) is 3.21. The predicted molar refractivity (Wildman–Crippen MR) is 126 cm³/mol. The monoisotopic (exact) mass is 467 g/mol. The van der Waals surface area contributed by atoms with Crippen LogP contribution in [-0.2, 0) is 19.1 Å². The lowest BCUT2D eigenvalue weighted by molar-refractivity contribution is -0.153. The molecule has 0 aliphatic carbocycles. The van der Waals surface area contributed by atoms with Gasteiger partial charge in [0.25, 0.3) is 0 Å². The molecule has 0 fully saturated rings. The number of anilines is 1. The van der Waals surface area contributed by atoms with Gasteiger partial charge in [0.15, 0.2) is 5.92 Å². The second-order valence-corrected chi connectivity index (χ2v) is 7.89. The smallest absolute Gasteiger partial charge is 0.321 e. The molecular formula is C25H29N3O6. The molecule has 2 heterocycles. The Hall–Kier alpha value is -3.59. The largest absolute Gasteiger partial charge is 0.497 e. The van der Waals surface area contributed by atoms with E-state index in [1.165, 1.54) is 0 Å². The van der Waals surface area contributed by atoms with Crippen LogP contribution in [0.25, 0.3) is 11.0 Å². The van der Waals surface area contributed by atoms with Crippen LogP contribution in [0.4, 0.5) is 5.95 Å². The number of aromatic nitrogens is 2. The van der Waals surface area contributed by atoms with Crippen molar-refractivity contribution in [2.75, 3.05) is 46.0 Å². The molecule has 0 saturated heterocycles. The van der Waals surface area contributed by atoms with E-state index < -0.39 is 17.9 Å². The van der Waals surface area contributed by atoms with Gasteiger partial charge >= 0.3 is 5.97 Å². The molecule has 3 aromatic rings. The molecule has 0 radical (unpaired) electrons. The summed E-state index contributed by atoms with van der Waals surface area (Å²) >= 11 is 0. The van der Waals surface area contributed by atoms with Gasteiger partial charge in [-0.2, -0.15) is 0 Å². The third-order valence-electron chi connectivity index (χ3n) is 5.97. The molecule has 9 nitrogen and oxygen atoms in total. The summed E-state index contributed by atoms with van der Waals surface area (Å²) in [5.41, 5.74) is 2.15. The minimum Gasteiger partial charge on any atom is -0.497 e. The normalized spacial score (nSPS) is 17.5. The van der Waals surface area contributed by atoms with E-state index in [0.717, 1.165) is 11.0 Å². The molecule has 1 amide bonds. The van der Waals surface area contributed by atoms with Crippen LogP contribution in [0.3, 0.4) is 0 Å². The van der Waals surface area contributed by atoms with E-state index in [-0.39, 0.29) is 12.5 Å². The van der Waals surface area contributed by atoms with Crippen LogP contribution in [-0.4, -0.2) is 62.5 Å². The van der Waals surface area contributed by atoms with Crippen LogP contribution in [0.5, 0.6) is 11.5 Å². The molecule has 4 rings (SSSR count). The molecule has 2 aromatic carbocycles. The van der Waals surface area contributed by atoms with E-state index >= 15 is 0 Å². The second-order valence-electron chi connectivity index (χ2n) is 7.89. The lowest BCUT2D eigenvalue weighted by Gasteiger charge is -2.38. The number of methoxy groups -OCH3 is 3. The number of hydrogen-bond acceptors (Lipinski definition) is 7. The number of imidazole rings is 1. The van der Waals surface area contributed by atoms with Gasteiger partial charge in [0, 0.05) is 25.8 Å². The molecule has 0 bridgehead atoms. The summed E-state index contributed by atoms with van der Waals surface area (Å²) in [7, 11) is 4.73. The first kappa shape index (κ1) is 23.6. The van der Waals surface area contributed by atoms with E-state index in [2.05, 4.69) is 0 Å². The van der Waals surface area contributed by atoms with E-state index in [9.17, 15) is 9.59 Å². The zero-order valence-corrected chi connectivity index (χ0v) is 19.8. The highest BCUT2D eigenvalue weighted by molar-refractivity contribution is 6.08. The summed E-state index contributed by atoms with van der Waals surface area (Å²) in [5, 5.41) is 0. The second kappa shape index (κ2) is 10.1. The highest BCUT2D eigenvalue weighted by Gasteiger charge is 2.48. The Bertz CT molecular complexity index is 1190. The maximum atomic E-state index is 13.9. The molecular weight excluding hydrogens is 438 g/mol. The van der Waals surface area contributed by atoms with Crippen molar-refractivity contribution in [3.63, 3.8) is 0 Å². The molecule has 0 saturated carbocycles. The van der Waals surface area contributed by atoms with E-state index in [4.69, 9.17) is 23.9 Å². The molecule has 0 unspecified atom stereocenters. The van der Waals surface area contributed by atoms with Crippen molar-refractivity contribution in [2.45, 2.75) is 19.4 Å². The van der Waals surface area contributed by atoms with Crippen LogP contribution in [0.15, 0.2) is 42.5 Å². The SMILES string of the molecule is CCOC(=O)[C@@H]1C(=O)N(CCCOC)c2nc3ccccc3n2[C@H]1c1cc(OC)ccc1OC. The third kappa shape index (κ3) is 4.07. The standard InChI is InChI=1S/C25H29N3O6/c1-5-34-24(30)21-22(17-15-16(32-3)11-12-20(17)33-4)28-19-10-7-6-9-18(19)26-25(28)27(23(21)29)13-8-14-31-2/h6-7,9-12,15,21-22H,5,8,13-14H2,1-4H3/t21-,22-/m0/s1. The van der Waals surface area contributed by atoms with Crippen molar-refractivity contribution >= 4 is 28.9 Å². The number of ether oxygens (including phenoxy) is 4. The van der Waals surface area contributed by atoms with Crippen molar-refractivity contribution in [2.24, 2.45) is 5.92 Å². The molecule has 0 spiro atoms. The van der Waals surface area contributed by atoms with Gasteiger partial charge in [0.2, 0.25) is 11.9 Å². The fourth-order valence-corrected chi connectivity index (χ4v) is 4.48. The van der Waals surface area contributed by atoms with Crippen LogP contribution in [0.1, 0.15) is 24.9 Å². The highest BCUT2D eigenvalue weighted by Crippen LogP contribution is 2.44. The number of rotatable bonds is 9. The average Bonchev–Trinajstić information content (AvgIpc) is 3.23. The quantitative estimate of drug-likeness (QED) is 0.271. The van der Waals surface area contributed by atoms with Crippen LogP contribution in [0, 0.1) is 5.92 Å². The Morgan fingerprint density at radius 1 is 1.09 bits per heavy atom. The van der Waals surface area contributed by atoms with Crippen molar-refractivity contribution in [1.82, 2.24) is 9.55 Å². The summed E-state index contributed by atoms with van der Waals surface area (Å²) in [4.78, 5) is 33.5. The fraction of sp³-hybridized carbons (Fsp3) is 0.400. The maximum Gasteiger partial charge on any atom is 0.321 e. The van der Waals surface area contributed by atoms with E-state index in [0.29, 0.717) is 42.6 Å². The van der Waals surface area contributed by atoms with Crippen LogP contribution >= 0.6 is 0 Å². The van der Waals surface area contributed by atoms with Gasteiger partial charge in [-0.1, -0.05) is 12.1 Å². The van der Waals surface area contributed by atoms with Gasteiger partial charge in [-0.3, -0.25) is 14.5 Å². The molecule has 180 valence electrons. The van der Waals surface area contributed by atoms with Crippen LogP contribution in [0.2, 0.25) is 0 Å². The minimum absolute atomic E-state index is 0.159. The van der Waals surface area contributed by atoms with Crippen molar-refractivity contribution in [1.29, 1.82) is 0 Å². The number of carbonyl (C=O) groups excluding carboxylic acids is 2. The lowest BCUT2D eigenvalue weighted by Crippen LogP contribution is -2.50. The average molecular weight is 468 g/mol. The topological polar surface area (TPSA) is 92.1 Å². The molecule has 1 aromatic heterocycles. The molecule has 34 heavy (non-hydrogen) atoms. The fourth-order valence-electron chi connectivity index (χ4n) is 4.48. The first-order valence-electron chi connectivity index (χ1n) is 11.2. The Kier molecular flexibility index (Phi) is 7.02. The third-order valence-corrected chi connectivity index (χ3v) is 5.97. The van der Waals surface area contributed by atoms with Gasteiger partial charge in [0.05, 0.1) is 37.9 Å². The molecule has 2 atom stereocenters. The number of carbonyl (C=O) groups is 2. The number of fused-ring (bicyclic) bond motifs is 3. The van der Waals surface area contributed by atoms with Crippen molar-refractivity contribution in [3.8, 4) is 11.5 Å². The van der Waals surface area contributed by atoms with Crippen molar-refractivity contribution in [3.05, 3.63) is 48.0 Å². The summed E-state index contributed by atoms with van der Waals surface area (Å²) in [5.74, 6) is -0.509. The van der Waals surface area contributed by atoms with Gasteiger partial charge in [-0.25, -0.2) is 4.98 Å². The first-order chi connectivity index (χ1) is 16.5. The van der Waals surface area contributed by atoms with Crippen LogP contribution < -0.4 is 14.4 Å². The zero-order valence-electron chi connectivity index (χ0n) is 19.8. The number of hydrogen-bond donors (Lipinski definition) is 0. The zero-order chi connectivity index (χ0) is 24.2. The van der Waals surface area contributed by atoms with E-state index in [1.54, 1.807) is 51.4 Å². The Morgan fingerprint density at radius 2 is 1.88 bits per heavy atom. The Balaban J connectivity index is 2.00. The Morgan fingerprint density at radius 3 is 2.59 bits per heavy atom. The Labute approximate surface area is 198 Å². The molecule has 9 heteroatoms. The number of benzene rings is 2. The van der Waals surface area contributed by atoms with Gasteiger partial charge < -0.3 is 23.5 Å². The van der Waals surface area contributed by atoms with Gasteiger partial charge in [-0.05, 0) is 43.7 Å². The van der Waals surface area contributed by atoms with E-state index in [1.807, 2.05) is 28.8 Å². The lowest BCUT2D eigenvalue weighted by atomic mass is 9.88. The van der Waals surface area contributed by atoms with Gasteiger partial charge in [-0.15, -0.1) is 0 Å². The molecule has 1 aliphatic heterocycles. The number of esters is 1. The summed E-state index contributed by atoms with van der Waals surface area (Å²) < 4.78 is 23.6. The highest BCUT2D eigenvalue weighted by atomic mass is 16.5. The number of amides is 1. The molecule has 1 aliphatic rings.